The van der Waals surface area contributed by atoms with Gasteiger partial charge in [0, 0.05) is 43.8 Å². The van der Waals surface area contributed by atoms with Gasteiger partial charge >= 0.3 is 0 Å². The van der Waals surface area contributed by atoms with E-state index in [9.17, 15) is 0 Å². The number of hydrogen-bond acceptors (Lipinski definition) is 4. The maximum Gasteiger partial charge on any atom is 0.121 e. The Morgan fingerprint density at radius 3 is 1.94 bits per heavy atom. The summed E-state index contributed by atoms with van der Waals surface area (Å²) in [5, 5.41) is 2.13. The molecule has 0 bridgehead atoms. The number of aryl methyl sites for hydroxylation is 4. The summed E-state index contributed by atoms with van der Waals surface area (Å²) in [5.41, 5.74) is 15.4. The van der Waals surface area contributed by atoms with Crippen molar-refractivity contribution in [1.29, 1.82) is 0 Å². The molecule has 4 aromatic heterocycles. The number of hydrogen-bond donors (Lipinski definition) is 0. The van der Waals surface area contributed by atoms with Crippen LogP contribution in [0.4, 0.5) is 0 Å². The number of benzene rings is 3. The zero-order valence-corrected chi connectivity index (χ0v) is 34.3. The van der Waals surface area contributed by atoms with E-state index in [0.29, 0.717) is 11.8 Å². The van der Waals surface area contributed by atoms with E-state index in [2.05, 4.69) is 150 Å². The molecular formula is C47H49IrN3O-2. The van der Waals surface area contributed by atoms with Crippen LogP contribution in [0.3, 0.4) is 0 Å². The molecule has 7 aromatic rings. The van der Waals surface area contributed by atoms with Crippen molar-refractivity contribution in [1.82, 2.24) is 15.0 Å². The van der Waals surface area contributed by atoms with Crippen molar-refractivity contribution < 1.29 is 24.5 Å². The molecule has 0 aliphatic rings. The number of aromatic nitrogens is 3. The van der Waals surface area contributed by atoms with Crippen molar-refractivity contribution in [3.8, 4) is 22.5 Å². The van der Waals surface area contributed by atoms with E-state index in [1.54, 1.807) is 0 Å². The molecule has 4 nitrogen and oxygen atoms in total. The third-order valence-electron chi connectivity index (χ3n) is 9.62. The van der Waals surface area contributed by atoms with Gasteiger partial charge in [0.15, 0.2) is 0 Å². The van der Waals surface area contributed by atoms with Gasteiger partial charge in [-0.2, -0.15) is 0 Å². The van der Waals surface area contributed by atoms with Gasteiger partial charge in [-0.15, -0.1) is 35.4 Å². The molecule has 5 heteroatoms. The Morgan fingerprint density at radius 2 is 1.33 bits per heavy atom. The first-order valence-corrected chi connectivity index (χ1v) is 18.2. The summed E-state index contributed by atoms with van der Waals surface area (Å²) in [6.07, 6.45) is 9.26. The maximum atomic E-state index is 6.49. The fourth-order valence-corrected chi connectivity index (χ4v) is 6.67. The molecule has 0 amide bonds. The summed E-state index contributed by atoms with van der Waals surface area (Å²) in [5.74, 6) is 1.53. The second-order valence-corrected chi connectivity index (χ2v) is 14.8. The van der Waals surface area contributed by atoms with Crippen molar-refractivity contribution in [3.63, 3.8) is 0 Å². The van der Waals surface area contributed by atoms with E-state index < -0.39 is 0 Å². The smallest absolute Gasteiger partial charge is 0.121 e. The molecule has 0 fully saturated rings. The molecule has 0 N–H and O–H groups in total. The van der Waals surface area contributed by atoms with Gasteiger partial charge in [0.05, 0.1) is 5.58 Å². The van der Waals surface area contributed by atoms with Crippen molar-refractivity contribution in [2.45, 2.75) is 81.1 Å². The molecule has 4 heterocycles. The maximum absolute atomic E-state index is 6.49. The summed E-state index contributed by atoms with van der Waals surface area (Å²) >= 11 is 0. The van der Waals surface area contributed by atoms with Crippen molar-refractivity contribution in [2.75, 3.05) is 0 Å². The Balaban J connectivity index is 0.000000234. The standard InChI is InChI=1S/C30H29N2O.C17H20N.Ir/c1-18(2)13-24-14-27(32-16-19(24)3)26-17-31-21(5)29-25-12-11-23(15-28(25)33-30(26)29)20(4)22-9-7-6-8-10-22;1-12(2)9-16-10-17(18-11-14(16)4)15-7-5-13(3)6-8-15;/h6-12,14-16,18,20H,13H2,1-5H3;5-7,10-12H,9H2,1-4H3;/q2*-1;. The minimum atomic E-state index is 0. The molecule has 1 unspecified atom stereocenters. The van der Waals surface area contributed by atoms with Crippen LogP contribution in [0, 0.1) is 51.8 Å². The third kappa shape index (κ3) is 8.77. The Labute approximate surface area is 323 Å². The van der Waals surface area contributed by atoms with Crippen LogP contribution in [0.5, 0.6) is 0 Å². The number of pyridine rings is 3. The predicted octanol–water partition coefficient (Wildman–Crippen LogP) is 12.2. The third-order valence-corrected chi connectivity index (χ3v) is 9.62. The minimum absolute atomic E-state index is 0. The molecule has 0 aliphatic heterocycles. The average molecular weight is 864 g/mol. The molecule has 1 atom stereocenters. The van der Waals surface area contributed by atoms with Crippen LogP contribution in [0.1, 0.15) is 85.2 Å². The molecule has 0 saturated heterocycles. The second-order valence-electron chi connectivity index (χ2n) is 14.8. The van der Waals surface area contributed by atoms with Crippen molar-refractivity contribution >= 4 is 21.9 Å². The van der Waals surface area contributed by atoms with Crippen LogP contribution in [-0.2, 0) is 32.9 Å². The van der Waals surface area contributed by atoms with Crippen LogP contribution in [-0.4, -0.2) is 15.0 Å². The number of nitrogens with zero attached hydrogens (tertiary/aromatic N) is 3. The minimum Gasteiger partial charge on any atom is -0.500 e. The zero-order valence-electron chi connectivity index (χ0n) is 31.9. The van der Waals surface area contributed by atoms with E-state index >= 15 is 0 Å². The quantitative estimate of drug-likeness (QED) is 0.143. The average Bonchev–Trinajstić information content (AvgIpc) is 3.50. The summed E-state index contributed by atoms with van der Waals surface area (Å²) in [4.78, 5) is 13.8. The monoisotopic (exact) mass is 864 g/mol. The summed E-state index contributed by atoms with van der Waals surface area (Å²) in [6.45, 7) is 19.6. The van der Waals surface area contributed by atoms with Gasteiger partial charge in [0.25, 0.3) is 0 Å². The van der Waals surface area contributed by atoms with Gasteiger partial charge in [-0.05, 0) is 95.5 Å². The second kappa shape index (κ2) is 16.9. The summed E-state index contributed by atoms with van der Waals surface area (Å²) in [7, 11) is 0. The van der Waals surface area contributed by atoms with E-state index in [-0.39, 0.29) is 26.0 Å². The van der Waals surface area contributed by atoms with E-state index in [0.717, 1.165) is 63.0 Å². The topological polar surface area (TPSA) is 51.8 Å². The van der Waals surface area contributed by atoms with Gasteiger partial charge < -0.3 is 19.4 Å². The van der Waals surface area contributed by atoms with Crippen LogP contribution < -0.4 is 0 Å². The first-order valence-electron chi connectivity index (χ1n) is 18.2. The van der Waals surface area contributed by atoms with Gasteiger partial charge in [0.1, 0.15) is 5.58 Å². The Hall–Kier alpha value is -4.44. The fourth-order valence-electron chi connectivity index (χ4n) is 6.67. The van der Waals surface area contributed by atoms with Crippen LogP contribution in [0.25, 0.3) is 44.5 Å². The summed E-state index contributed by atoms with van der Waals surface area (Å²) in [6, 6.07) is 31.0. The largest absolute Gasteiger partial charge is 0.500 e. The Morgan fingerprint density at radius 1 is 0.692 bits per heavy atom. The van der Waals surface area contributed by atoms with Crippen molar-refractivity contribution in [2.24, 2.45) is 11.8 Å². The van der Waals surface area contributed by atoms with Gasteiger partial charge in [-0.3, -0.25) is 0 Å². The molecule has 1 radical (unpaired) electrons. The normalized spacial score (nSPS) is 11.8. The molecule has 3 aromatic carbocycles. The SMILES string of the molecule is Cc1c[c-]c(-c2cc(CC(C)C)c(C)cn2)cc1.Cc1cnc(-c2[c-]nc(C)c3c2oc2cc(C(C)c4ccccc4)ccc23)cc1CC(C)C.[Ir]. The molecule has 0 aliphatic carbocycles. The predicted molar refractivity (Wildman–Crippen MR) is 212 cm³/mol. The number of furan rings is 1. The first-order chi connectivity index (χ1) is 24.5. The molecule has 7 rings (SSSR count). The molecule has 0 saturated carbocycles. The molecule has 0 spiro atoms. The number of rotatable bonds is 8. The van der Waals surface area contributed by atoms with Crippen LogP contribution in [0.2, 0.25) is 0 Å². The zero-order chi connectivity index (χ0) is 36.2. The van der Waals surface area contributed by atoms with Gasteiger partial charge in [-0.1, -0.05) is 120 Å². The molecule has 52 heavy (non-hydrogen) atoms. The van der Waals surface area contributed by atoms with Gasteiger partial charge in [0.2, 0.25) is 0 Å². The van der Waals surface area contributed by atoms with E-state index in [4.69, 9.17) is 9.40 Å². The Kier molecular flexibility index (Phi) is 12.6. The molecule has 269 valence electrons. The van der Waals surface area contributed by atoms with Crippen molar-refractivity contribution in [3.05, 3.63) is 148 Å². The van der Waals surface area contributed by atoms with E-state index in [1.807, 2.05) is 25.4 Å². The fraction of sp³-hybridized carbons (Fsp3) is 0.298. The van der Waals surface area contributed by atoms with E-state index in [1.165, 1.54) is 38.9 Å². The van der Waals surface area contributed by atoms with Gasteiger partial charge in [-0.25, -0.2) is 0 Å². The molecular weight excluding hydrogens is 815 g/mol. The van der Waals surface area contributed by atoms with Crippen LogP contribution >= 0.6 is 0 Å². The first kappa shape index (κ1) is 38.8. The Bertz CT molecular complexity index is 2270. The summed E-state index contributed by atoms with van der Waals surface area (Å²) < 4.78 is 6.49. The number of fused-ring (bicyclic) bond motifs is 3. The van der Waals surface area contributed by atoms with Crippen LogP contribution in [0.15, 0.2) is 95.7 Å².